The third-order valence-electron chi connectivity index (χ3n) is 1.77. The molecule has 1 N–H and O–H groups in total. The quantitative estimate of drug-likeness (QED) is 0.825. The van der Waals surface area contributed by atoms with Crippen molar-refractivity contribution in [1.29, 1.82) is 0 Å². The standard InChI is InChI=1S/C11H12NO4/c1-2-16-11(14)12-10-5-3-9(4-6-10)7-15-8-13/h3-6H,2,7H2,1H3,(H,12,14). The molecule has 16 heavy (non-hydrogen) atoms. The van der Waals surface area contributed by atoms with Crippen LogP contribution in [-0.4, -0.2) is 19.2 Å². The largest absolute Gasteiger partial charge is 0.452 e. The minimum atomic E-state index is -0.493. The van der Waals surface area contributed by atoms with Gasteiger partial charge in [0.05, 0.1) is 6.61 Å². The molecule has 0 heterocycles. The van der Waals surface area contributed by atoms with Gasteiger partial charge in [-0.1, -0.05) is 12.1 Å². The highest BCUT2D eigenvalue weighted by molar-refractivity contribution is 5.84. The summed E-state index contributed by atoms with van der Waals surface area (Å²) in [6.07, 6.45) is -0.493. The predicted octanol–water partition coefficient (Wildman–Crippen LogP) is 1.84. The maximum atomic E-state index is 11.1. The molecule has 0 aliphatic heterocycles. The van der Waals surface area contributed by atoms with Crippen LogP contribution in [0, 0.1) is 0 Å². The van der Waals surface area contributed by atoms with E-state index in [-0.39, 0.29) is 6.61 Å². The molecule has 5 nitrogen and oxygen atoms in total. The summed E-state index contributed by atoms with van der Waals surface area (Å²) in [7, 11) is 0. The summed E-state index contributed by atoms with van der Waals surface area (Å²) in [6, 6.07) is 6.86. The van der Waals surface area contributed by atoms with E-state index in [1.54, 1.807) is 31.2 Å². The smallest absolute Gasteiger partial charge is 0.417 e. The molecule has 0 spiro atoms. The number of benzene rings is 1. The molecule has 5 heteroatoms. The van der Waals surface area contributed by atoms with Crippen molar-refractivity contribution in [2.24, 2.45) is 0 Å². The number of carbonyl (C=O) groups is 1. The SMILES string of the molecule is CCOC(=O)Nc1ccc(CO[C]=O)cc1. The zero-order valence-electron chi connectivity index (χ0n) is 8.86. The van der Waals surface area contributed by atoms with E-state index < -0.39 is 6.09 Å². The van der Waals surface area contributed by atoms with Gasteiger partial charge in [-0.2, -0.15) is 0 Å². The summed E-state index contributed by atoms with van der Waals surface area (Å²) < 4.78 is 9.18. The highest BCUT2D eigenvalue weighted by Gasteiger charge is 2.01. The van der Waals surface area contributed by atoms with Gasteiger partial charge in [0.2, 0.25) is 0 Å². The molecule has 0 aliphatic carbocycles. The number of amides is 1. The van der Waals surface area contributed by atoms with Crippen LogP contribution in [-0.2, 0) is 20.9 Å². The van der Waals surface area contributed by atoms with E-state index in [2.05, 4.69) is 10.1 Å². The molecule has 0 saturated heterocycles. The fraction of sp³-hybridized carbons (Fsp3) is 0.273. The first-order valence-electron chi connectivity index (χ1n) is 4.78. The number of ether oxygens (including phenoxy) is 2. The number of nitrogens with one attached hydrogen (secondary N) is 1. The summed E-state index contributed by atoms with van der Waals surface area (Å²) in [5, 5.41) is 2.55. The van der Waals surface area contributed by atoms with Crippen molar-refractivity contribution in [1.82, 2.24) is 0 Å². The summed E-state index contributed by atoms with van der Waals surface area (Å²) >= 11 is 0. The van der Waals surface area contributed by atoms with Gasteiger partial charge in [0.25, 0.3) is 0 Å². The second-order valence-corrected chi connectivity index (χ2v) is 2.91. The molecule has 1 radical (unpaired) electrons. The van der Waals surface area contributed by atoms with Crippen LogP contribution in [0.15, 0.2) is 24.3 Å². The molecule has 0 aromatic heterocycles. The summed E-state index contributed by atoms with van der Waals surface area (Å²) in [6.45, 7) is 3.57. The van der Waals surface area contributed by atoms with Gasteiger partial charge in [-0.15, -0.1) is 0 Å². The van der Waals surface area contributed by atoms with Crippen molar-refractivity contribution in [2.45, 2.75) is 13.5 Å². The second-order valence-electron chi connectivity index (χ2n) is 2.91. The summed E-state index contributed by atoms with van der Waals surface area (Å²) in [5.74, 6) is 0. The minimum Gasteiger partial charge on any atom is -0.452 e. The van der Waals surface area contributed by atoms with E-state index in [1.807, 2.05) is 0 Å². The van der Waals surface area contributed by atoms with Crippen molar-refractivity contribution < 1.29 is 19.1 Å². The Hall–Kier alpha value is -2.04. The Morgan fingerprint density at radius 1 is 1.38 bits per heavy atom. The molecule has 0 unspecified atom stereocenters. The normalized spacial score (nSPS) is 9.31. The van der Waals surface area contributed by atoms with Crippen LogP contribution in [0.2, 0.25) is 0 Å². The molecule has 1 aromatic rings. The molecule has 0 aliphatic rings. The van der Waals surface area contributed by atoms with Gasteiger partial charge in [0.1, 0.15) is 6.61 Å². The van der Waals surface area contributed by atoms with E-state index in [0.717, 1.165) is 5.56 Å². The van der Waals surface area contributed by atoms with Crippen molar-refractivity contribution >= 4 is 18.3 Å². The van der Waals surface area contributed by atoms with E-state index in [9.17, 15) is 9.59 Å². The molecule has 85 valence electrons. The molecule has 1 amide bonds. The molecule has 0 atom stereocenters. The maximum absolute atomic E-state index is 11.1. The van der Waals surface area contributed by atoms with Crippen LogP contribution in [0.4, 0.5) is 10.5 Å². The summed E-state index contributed by atoms with van der Waals surface area (Å²) in [5.41, 5.74) is 1.44. The lowest BCUT2D eigenvalue weighted by atomic mass is 10.2. The van der Waals surface area contributed by atoms with Crippen LogP contribution in [0.3, 0.4) is 0 Å². The molecule has 1 rings (SSSR count). The van der Waals surface area contributed by atoms with Crippen LogP contribution < -0.4 is 5.32 Å². The second kappa shape index (κ2) is 6.44. The van der Waals surface area contributed by atoms with Crippen LogP contribution >= 0.6 is 0 Å². The Balaban J connectivity index is 2.50. The highest BCUT2D eigenvalue weighted by Crippen LogP contribution is 2.10. The van der Waals surface area contributed by atoms with Gasteiger partial charge in [0.15, 0.2) is 0 Å². The van der Waals surface area contributed by atoms with Gasteiger partial charge < -0.3 is 9.47 Å². The third-order valence-corrected chi connectivity index (χ3v) is 1.77. The monoisotopic (exact) mass is 222 g/mol. The Morgan fingerprint density at radius 3 is 2.62 bits per heavy atom. The highest BCUT2D eigenvalue weighted by atomic mass is 16.5. The van der Waals surface area contributed by atoms with Crippen molar-refractivity contribution in [3.05, 3.63) is 29.8 Å². The Kier molecular flexibility index (Phi) is 4.85. The van der Waals surface area contributed by atoms with E-state index in [4.69, 9.17) is 4.74 Å². The lowest BCUT2D eigenvalue weighted by Crippen LogP contribution is -2.13. The first kappa shape index (κ1) is 12.0. The Bertz CT molecular complexity index is 348. The van der Waals surface area contributed by atoms with Crippen LogP contribution in [0.5, 0.6) is 0 Å². The average molecular weight is 222 g/mol. The number of hydrogen-bond donors (Lipinski definition) is 1. The van der Waals surface area contributed by atoms with Crippen LogP contribution in [0.1, 0.15) is 12.5 Å². The molecular weight excluding hydrogens is 210 g/mol. The Morgan fingerprint density at radius 2 is 2.06 bits per heavy atom. The van der Waals surface area contributed by atoms with Crippen molar-refractivity contribution in [2.75, 3.05) is 11.9 Å². The zero-order chi connectivity index (χ0) is 11.8. The summed E-state index contributed by atoms with van der Waals surface area (Å²) in [4.78, 5) is 20.9. The first-order valence-corrected chi connectivity index (χ1v) is 4.78. The lowest BCUT2D eigenvalue weighted by Gasteiger charge is -2.05. The lowest BCUT2D eigenvalue weighted by molar-refractivity contribution is 0.168. The predicted molar refractivity (Wildman–Crippen MR) is 57.6 cm³/mol. The molecular formula is C11H12NO4. The number of rotatable bonds is 5. The van der Waals surface area contributed by atoms with Gasteiger partial charge >= 0.3 is 12.6 Å². The fourth-order valence-corrected chi connectivity index (χ4v) is 1.08. The van der Waals surface area contributed by atoms with E-state index >= 15 is 0 Å². The topological polar surface area (TPSA) is 64.6 Å². The zero-order valence-corrected chi connectivity index (χ0v) is 8.86. The minimum absolute atomic E-state index is 0.170. The van der Waals surface area contributed by atoms with Gasteiger partial charge in [-0.25, -0.2) is 9.59 Å². The number of hydrogen-bond acceptors (Lipinski definition) is 4. The molecule has 0 saturated carbocycles. The van der Waals surface area contributed by atoms with Gasteiger partial charge in [0, 0.05) is 5.69 Å². The maximum Gasteiger partial charge on any atom is 0.417 e. The first-order chi connectivity index (χ1) is 7.76. The van der Waals surface area contributed by atoms with Crippen molar-refractivity contribution in [3.63, 3.8) is 0 Å². The van der Waals surface area contributed by atoms with E-state index in [1.165, 1.54) is 6.47 Å². The van der Waals surface area contributed by atoms with Gasteiger partial charge in [-0.05, 0) is 24.6 Å². The third kappa shape index (κ3) is 4.00. The van der Waals surface area contributed by atoms with Crippen molar-refractivity contribution in [3.8, 4) is 0 Å². The van der Waals surface area contributed by atoms with Gasteiger partial charge in [-0.3, -0.25) is 5.32 Å². The Labute approximate surface area is 93.4 Å². The number of carbonyl (C=O) groups excluding carboxylic acids is 2. The molecule has 0 fully saturated rings. The molecule has 1 aromatic carbocycles. The average Bonchev–Trinajstić information content (AvgIpc) is 2.28. The fourth-order valence-electron chi connectivity index (χ4n) is 1.08. The number of anilines is 1. The van der Waals surface area contributed by atoms with Crippen LogP contribution in [0.25, 0.3) is 0 Å². The van der Waals surface area contributed by atoms with E-state index in [0.29, 0.717) is 12.3 Å². The molecule has 0 bridgehead atoms.